The maximum absolute atomic E-state index is 12.8. The number of carbonyl (C=O) groups is 1. The fourth-order valence-corrected chi connectivity index (χ4v) is 4.14. The highest BCUT2D eigenvalue weighted by atomic mass is 35.5. The van der Waals surface area contributed by atoms with E-state index in [0.717, 1.165) is 23.9 Å². The Labute approximate surface area is 174 Å². The molecule has 2 heterocycles. The number of aromatic amines is 2. The van der Waals surface area contributed by atoms with Gasteiger partial charge in [-0.2, -0.15) is 0 Å². The number of halogens is 1. The van der Waals surface area contributed by atoms with E-state index in [2.05, 4.69) is 15.4 Å². The molecular weight excluding hydrogens is 412 g/mol. The second kappa shape index (κ2) is 7.73. The summed E-state index contributed by atoms with van der Waals surface area (Å²) in [6.07, 6.45) is 3.35. The van der Waals surface area contributed by atoms with Gasteiger partial charge in [-0.3, -0.25) is 24.3 Å². The van der Waals surface area contributed by atoms with Crippen molar-refractivity contribution in [3.8, 4) is 0 Å². The van der Waals surface area contributed by atoms with Gasteiger partial charge >= 0.3 is 0 Å². The first-order valence-electron chi connectivity index (χ1n) is 9.79. The summed E-state index contributed by atoms with van der Waals surface area (Å²) in [5.74, 6) is -0.487. The van der Waals surface area contributed by atoms with Crippen molar-refractivity contribution in [2.75, 3.05) is 6.54 Å². The van der Waals surface area contributed by atoms with Crippen molar-refractivity contribution in [2.24, 2.45) is 0 Å². The van der Waals surface area contributed by atoms with Crippen molar-refractivity contribution in [3.05, 3.63) is 54.2 Å². The number of H-pyrrole nitrogens is 2. The minimum absolute atomic E-state index is 0.0175. The van der Waals surface area contributed by atoms with E-state index in [1.807, 2.05) is 0 Å². The van der Waals surface area contributed by atoms with Crippen LogP contribution < -0.4 is 21.9 Å². The van der Waals surface area contributed by atoms with Crippen LogP contribution >= 0.6 is 11.6 Å². The second-order valence-electron chi connectivity index (χ2n) is 7.64. The van der Waals surface area contributed by atoms with Gasteiger partial charge in [-0.15, -0.1) is 0 Å². The van der Waals surface area contributed by atoms with Gasteiger partial charge in [0.05, 0.1) is 12.1 Å². The molecule has 0 radical (unpaired) electrons. The molecular formula is C20H21ClN4O5. The predicted molar refractivity (Wildman–Crippen MR) is 113 cm³/mol. The zero-order chi connectivity index (χ0) is 21.5. The highest BCUT2D eigenvalue weighted by molar-refractivity contribution is 6.31. The third-order valence-corrected chi connectivity index (χ3v) is 5.84. The lowest BCUT2D eigenvalue weighted by Crippen LogP contribution is -2.49. The molecule has 1 aliphatic carbocycles. The van der Waals surface area contributed by atoms with Crippen LogP contribution in [-0.2, 0) is 11.3 Å². The Morgan fingerprint density at radius 3 is 2.67 bits per heavy atom. The topological polar surface area (TPSA) is 137 Å². The Morgan fingerprint density at radius 2 is 1.93 bits per heavy atom. The van der Waals surface area contributed by atoms with E-state index in [9.17, 15) is 24.3 Å². The Bertz CT molecular complexity index is 1320. The number of aromatic nitrogens is 3. The van der Waals surface area contributed by atoms with Gasteiger partial charge in [-0.05, 0) is 31.0 Å². The maximum atomic E-state index is 12.8. The minimum Gasteiger partial charge on any atom is -0.380 e. The van der Waals surface area contributed by atoms with Gasteiger partial charge < -0.3 is 15.4 Å². The van der Waals surface area contributed by atoms with E-state index in [0.29, 0.717) is 23.4 Å². The van der Waals surface area contributed by atoms with Crippen LogP contribution in [0.2, 0.25) is 5.02 Å². The average molecular weight is 433 g/mol. The normalized spacial score (nSPS) is 16.1. The summed E-state index contributed by atoms with van der Waals surface area (Å²) in [7, 11) is 0. The van der Waals surface area contributed by atoms with Gasteiger partial charge in [0, 0.05) is 17.0 Å². The lowest BCUT2D eigenvalue weighted by molar-refractivity contribution is -0.143. The fraction of sp³-hybridized carbons (Fsp3) is 0.400. The van der Waals surface area contributed by atoms with Crippen LogP contribution in [0, 0.1) is 0 Å². The molecule has 9 nitrogen and oxygen atoms in total. The highest BCUT2D eigenvalue weighted by Crippen LogP contribution is 2.28. The summed E-state index contributed by atoms with van der Waals surface area (Å²) in [5, 5.41) is 15.8. The molecule has 158 valence electrons. The first-order valence-corrected chi connectivity index (χ1v) is 10.2. The van der Waals surface area contributed by atoms with Crippen LogP contribution in [-0.4, -0.2) is 37.9 Å². The predicted octanol–water partition coefficient (Wildman–Crippen LogP) is 0.996. The number of hydrogen-bond donors (Lipinski definition) is 4. The van der Waals surface area contributed by atoms with Crippen LogP contribution in [0.15, 0.2) is 32.6 Å². The lowest BCUT2D eigenvalue weighted by atomic mass is 9.84. The van der Waals surface area contributed by atoms with Crippen LogP contribution in [0.3, 0.4) is 0 Å². The van der Waals surface area contributed by atoms with Gasteiger partial charge in [-0.25, -0.2) is 4.68 Å². The van der Waals surface area contributed by atoms with E-state index in [1.54, 1.807) is 0 Å². The molecule has 4 N–H and O–H groups in total. The first-order chi connectivity index (χ1) is 14.3. The molecule has 10 heteroatoms. The maximum Gasteiger partial charge on any atom is 0.287 e. The van der Waals surface area contributed by atoms with Gasteiger partial charge in [0.1, 0.15) is 16.5 Å². The lowest BCUT2D eigenvalue weighted by Gasteiger charge is -2.30. The van der Waals surface area contributed by atoms with E-state index in [4.69, 9.17) is 11.6 Å². The van der Waals surface area contributed by atoms with Crippen molar-refractivity contribution in [2.45, 2.75) is 44.2 Å². The van der Waals surface area contributed by atoms with Crippen LogP contribution in [0.5, 0.6) is 0 Å². The fourth-order valence-electron chi connectivity index (χ4n) is 3.97. The molecule has 0 atom stereocenters. The molecule has 1 aliphatic rings. The zero-order valence-electron chi connectivity index (χ0n) is 16.1. The summed E-state index contributed by atoms with van der Waals surface area (Å²) in [4.78, 5) is 53.3. The van der Waals surface area contributed by atoms with Crippen molar-refractivity contribution < 1.29 is 9.90 Å². The molecule has 0 aliphatic heterocycles. The summed E-state index contributed by atoms with van der Waals surface area (Å²) in [5.41, 5.74) is -3.04. The molecule has 1 aromatic carbocycles. The van der Waals surface area contributed by atoms with Crippen molar-refractivity contribution >= 4 is 39.3 Å². The number of amides is 1. The quantitative estimate of drug-likeness (QED) is 0.456. The number of fused-ring (bicyclic) bond motifs is 2. The molecule has 1 fully saturated rings. The van der Waals surface area contributed by atoms with Crippen molar-refractivity contribution in [1.82, 2.24) is 20.1 Å². The van der Waals surface area contributed by atoms with E-state index in [-0.39, 0.29) is 29.4 Å². The zero-order valence-corrected chi connectivity index (χ0v) is 16.8. The molecule has 4 rings (SSSR count). The number of aliphatic hydroxyl groups is 1. The number of hydrogen-bond acceptors (Lipinski definition) is 5. The summed E-state index contributed by atoms with van der Waals surface area (Å²) < 4.78 is 0.993. The first kappa shape index (κ1) is 20.4. The van der Waals surface area contributed by atoms with Gasteiger partial charge in [0.2, 0.25) is 5.43 Å². The molecule has 0 saturated heterocycles. The number of rotatable bonds is 4. The smallest absolute Gasteiger partial charge is 0.287 e. The molecule has 1 amide bonds. The molecule has 0 unspecified atom stereocenters. The number of benzene rings is 1. The highest BCUT2D eigenvalue weighted by Gasteiger charge is 2.36. The SMILES string of the molecule is O=C(NCCn1[nH]c(=O)c2[nH]c3cc(Cl)ccc3c(=O)c2c1=O)C1(O)CCCCC1. The molecule has 0 spiro atoms. The third kappa shape index (κ3) is 3.54. The standard InChI is InChI=1S/C20H21ClN4O5/c21-11-4-5-12-13(10-11)23-15-14(16(12)26)18(28)25(24-17(15)27)9-8-22-19(29)20(30)6-2-1-3-7-20/h4-5,10,30H,1-3,6-9H2,(H,22,29)(H,23,26)(H,24,27). The molecule has 30 heavy (non-hydrogen) atoms. The number of nitrogens with zero attached hydrogens (tertiary/aromatic N) is 1. The van der Waals surface area contributed by atoms with E-state index < -0.39 is 28.1 Å². The Balaban J connectivity index is 1.64. The van der Waals surface area contributed by atoms with Crippen LogP contribution in [0.4, 0.5) is 0 Å². The van der Waals surface area contributed by atoms with Crippen LogP contribution in [0.25, 0.3) is 21.8 Å². The average Bonchev–Trinajstić information content (AvgIpc) is 2.71. The van der Waals surface area contributed by atoms with E-state index in [1.165, 1.54) is 18.2 Å². The van der Waals surface area contributed by atoms with Gasteiger partial charge in [0.15, 0.2) is 0 Å². The third-order valence-electron chi connectivity index (χ3n) is 5.61. The Hall–Kier alpha value is -2.91. The molecule has 3 aromatic rings. The van der Waals surface area contributed by atoms with Crippen molar-refractivity contribution in [1.29, 1.82) is 0 Å². The summed E-state index contributed by atoms with van der Waals surface area (Å²) >= 11 is 5.94. The largest absolute Gasteiger partial charge is 0.380 e. The Morgan fingerprint density at radius 1 is 1.20 bits per heavy atom. The minimum atomic E-state index is -1.39. The summed E-state index contributed by atoms with van der Waals surface area (Å²) in [6.45, 7) is -0.0342. The monoisotopic (exact) mass is 432 g/mol. The second-order valence-corrected chi connectivity index (χ2v) is 8.08. The number of carbonyl (C=O) groups excluding carboxylic acids is 1. The number of nitrogens with one attached hydrogen (secondary N) is 3. The van der Waals surface area contributed by atoms with E-state index >= 15 is 0 Å². The molecule has 1 saturated carbocycles. The molecule has 2 aromatic heterocycles. The molecule has 0 bridgehead atoms. The Kier molecular flexibility index (Phi) is 5.25. The number of pyridine rings is 1. The summed E-state index contributed by atoms with van der Waals surface area (Å²) in [6, 6.07) is 4.53. The van der Waals surface area contributed by atoms with Gasteiger partial charge in [0.25, 0.3) is 17.0 Å². The van der Waals surface area contributed by atoms with Crippen LogP contribution in [0.1, 0.15) is 32.1 Å². The van der Waals surface area contributed by atoms with Gasteiger partial charge in [-0.1, -0.05) is 30.9 Å². The van der Waals surface area contributed by atoms with Crippen molar-refractivity contribution in [3.63, 3.8) is 0 Å².